The first-order valence-electron chi connectivity index (χ1n) is 17.0. The van der Waals surface area contributed by atoms with Gasteiger partial charge in [0, 0.05) is 19.0 Å². The molecule has 2 saturated heterocycles. The van der Waals surface area contributed by atoms with Crippen molar-refractivity contribution in [2.75, 3.05) is 13.6 Å². The zero-order chi connectivity index (χ0) is 37.2. The number of cyclic esters (lactones) is 1. The maximum Gasteiger partial charge on any atom is 0.311 e. The van der Waals surface area contributed by atoms with E-state index in [1.165, 1.54) is 27.8 Å². The second-order valence-corrected chi connectivity index (χ2v) is 16.6. The van der Waals surface area contributed by atoms with Crippen LogP contribution in [0.15, 0.2) is 29.2 Å². The zero-order valence-electron chi connectivity index (χ0n) is 30.0. The number of hydrogen-bond acceptors (Lipinski definition) is 12. The van der Waals surface area contributed by atoms with Crippen LogP contribution in [0, 0.1) is 23.6 Å². The molecule has 0 amide bonds. The molecule has 0 aliphatic carbocycles. The molecule has 1 aromatic carbocycles. The molecule has 6 N–H and O–H groups in total. The number of benzene rings is 1. The molecule has 2 aliphatic heterocycles. The van der Waals surface area contributed by atoms with Crippen molar-refractivity contribution in [3.63, 3.8) is 0 Å². The highest BCUT2D eigenvalue weighted by atomic mass is 32.2. The monoisotopic (exact) mass is 720 g/mol. The number of likely N-dealkylation sites (N-methyl/N-ethyl adjacent to an activating group) is 1. The number of rotatable bonds is 6. The van der Waals surface area contributed by atoms with Crippen LogP contribution in [0.5, 0.6) is 0 Å². The average molecular weight is 721 g/mol. The molecule has 1 aromatic rings. The molecular weight excluding hydrogens is 663 g/mol. The van der Waals surface area contributed by atoms with Crippen molar-refractivity contribution in [3.8, 4) is 0 Å². The fourth-order valence-electron chi connectivity index (χ4n) is 7.16. The van der Waals surface area contributed by atoms with E-state index in [0.29, 0.717) is 6.54 Å². The van der Waals surface area contributed by atoms with Crippen LogP contribution in [0.4, 0.5) is 4.39 Å². The second kappa shape index (κ2) is 16.3. The third-order valence-electron chi connectivity index (χ3n) is 10.3. The highest BCUT2D eigenvalue weighted by molar-refractivity contribution is 7.89. The molecule has 15 heteroatoms. The summed E-state index contributed by atoms with van der Waals surface area (Å²) in [6, 6.07) is 2.65. The summed E-state index contributed by atoms with van der Waals surface area (Å²) in [7, 11) is -2.88. The molecule has 0 bridgehead atoms. The number of hydrogen-bond donors (Lipinski definition) is 6. The lowest BCUT2D eigenvalue weighted by Crippen LogP contribution is -2.60. The Morgan fingerprint density at radius 2 is 1.63 bits per heavy atom. The lowest BCUT2D eigenvalue weighted by molar-refractivity contribution is -0.297. The van der Waals surface area contributed by atoms with Gasteiger partial charge in [-0.05, 0) is 90.6 Å². The van der Waals surface area contributed by atoms with Crippen LogP contribution in [0.3, 0.4) is 0 Å². The molecule has 0 unspecified atom stereocenters. The first-order valence-corrected chi connectivity index (χ1v) is 18.5. The third kappa shape index (κ3) is 9.36. The predicted molar refractivity (Wildman–Crippen MR) is 178 cm³/mol. The van der Waals surface area contributed by atoms with Crippen LogP contribution < -0.4 is 5.32 Å². The SMILES string of the molecule is CC[C@H]1OC(=O)[C@H](C)[C@@H](O)[C@H](C)[C@@H](O[C@@H]2O[C@H](C)C[C@H](N(C)S(=O)(=O)c3ccc(F)cc3)[C@H]2O)[C@](C)(O)C[C@@H](C)CN[C@H](C)[C@@H](O)[C@]1(C)O. The Hall–Kier alpha value is -1.79. The van der Waals surface area contributed by atoms with Crippen molar-refractivity contribution in [2.45, 2.75) is 146 Å². The minimum Gasteiger partial charge on any atom is -0.459 e. The third-order valence-corrected chi connectivity index (χ3v) is 12.2. The van der Waals surface area contributed by atoms with Crippen LogP contribution in [0.1, 0.15) is 74.7 Å². The molecular formula is C34H57FN2O11S. The van der Waals surface area contributed by atoms with Crippen molar-refractivity contribution in [2.24, 2.45) is 17.8 Å². The molecule has 13 nitrogen and oxygen atoms in total. The van der Waals surface area contributed by atoms with Gasteiger partial charge in [0.25, 0.3) is 0 Å². The first-order chi connectivity index (χ1) is 22.6. The maximum atomic E-state index is 13.5. The van der Waals surface area contributed by atoms with Crippen molar-refractivity contribution in [1.29, 1.82) is 0 Å². The number of aliphatic hydroxyl groups is 5. The van der Waals surface area contributed by atoms with Gasteiger partial charge in [-0.3, -0.25) is 4.79 Å². The number of carbonyl (C=O) groups excluding carboxylic acids is 1. The highest BCUT2D eigenvalue weighted by Crippen LogP contribution is 2.37. The average Bonchev–Trinajstić information content (AvgIpc) is 3.03. The topological polar surface area (TPSA) is 195 Å². The van der Waals surface area contributed by atoms with Gasteiger partial charge in [-0.25, -0.2) is 12.8 Å². The Kier molecular flexibility index (Phi) is 13.8. The van der Waals surface area contributed by atoms with Gasteiger partial charge in [0.2, 0.25) is 10.0 Å². The van der Waals surface area contributed by atoms with Crippen LogP contribution >= 0.6 is 0 Å². The summed E-state index contributed by atoms with van der Waals surface area (Å²) in [5.74, 6) is -3.83. The van der Waals surface area contributed by atoms with E-state index >= 15 is 0 Å². The van der Waals surface area contributed by atoms with Crippen LogP contribution in [-0.4, -0.2) is 124 Å². The van der Waals surface area contributed by atoms with E-state index in [4.69, 9.17) is 14.2 Å². The van der Waals surface area contributed by atoms with Gasteiger partial charge in [-0.2, -0.15) is 4.31 Å². The molecule has 49 heavy (non-hydrogen) atoms. The molecule has 2 heterocycles. The number of esters is 1. The van der Waals surface area contributed by atoms with E-state index in [9.17, 15) is 43.1 Å². The van der Waals surface area contributed by atoms with Crippen molar-refractivity contribution in [1.82, 2.24) is 9.62 Å². The summed E-state index contributed by atoms with van der Waals surface area (Å²) < 4.78 is 59.5. The van der Waals surface area contributed by atoms with Crippen LogP contribution in [0.25, 0.3) is 0 Å². The lowest BCUT2D eigenvalue weighted by Gasteiger charge is -2.46. The molecule has 0 saturated carbocycles. The fraction of sp³-hybridized carbons (Fsp3) is 0.794. The summed E-state index contributed by atoms with van der Waals surface area (Å²) >= 11 is 0. The molecule has 0 spiro atoms. The molecule has 3 rings (SSSR count). The van der Waals surface area contributed by atoms with Gasteiger partial charge >= 0.3 is 5.97 Å². The summed E-state index contributed by atoms with van der Waals surface area (Å²) in [4.78, 5) is 13.2. The minimum absolute atomic E-state index is 0.0924. The van der Waals surface area contributed by atoms with Gasteiger partial charge in [0.05, 0.1) is 40.8 Å². The first kappa shape index (κ1) is 41.6. The molecule has 2 fully saturated rings. The fourth-order valence-corrected chi connectivity index (χ4v) is 8.54. The Morgan fingerprint density at radius 1 is 1.04 bits per heavy atom. The number of carbonyl (C=O) groups is 1. The largest absolute Gasteiger partial charge is 0.459 e. The van der Waals surface area contributed by atoms with Crippen molar-refractivity contribution >= 4 is 16.0 Å². The minimum atomic E-state index is -4.18. The second-order valence-electron chi connectivity index (χ2n) is 14.6. The smallest absolute Gasteiger partial charge is 0.311 e. The van der Waals surface area contributed by atoms with Gasteiger partial charge < -0.3 is 45.1 Å². The molecule has 14 atom stereocenters. The van der Waals surface area contributed by atoms with Crippen molar-refractivity contribution < 1.29 is 57.3 Å². The maximum absolute atomic E-state index is 13.5. The standard InChI is InChI=1S/C34H57FN2O11S/c1-10-26-34(8,43)29(40)22(6)36-17-18(2)16-33(7,42)30(20(4)27(38)21(5)31(41)47-26)48-32-28(39)25(15-19(3)46-32)37(9)49(44,45)24-13-11-23(35)12-14-24/h11-14,18-22,25-30,32,36,38-40,42-43H,10,15-17H2,1-9H3/t18-,19-,20+,21-,22-,25+,26-,27+,28-,29-,30-,32+,33-,34-/m1/s1. The van der Waals surface area contributed by atoms with E-state index in [1.54, 1.807) is 27.7 Å². The molecule has 2 aliphatic rings. The van der Waals surface area contributed by atoms with E-state index in [-0.39, 0.29) is 30.1 Å². The van der Waals surface area contributed by atoms with Crippen LogP contribution in [0.2, 0.25) is 0 Å². The summed E-state index contributed by atoms with van der Waals surface area (Å²) in [5, 5.41) is 60.6. The Labute approximate surface area is 289 Å². The van der Waals surface area contributed by atoms with Crippen molar-refractivity contribution in [3.05, 3.63) is 30.1 Å². The summed E-state index contributed by atoms with van der Waals surface area (Å²) in [6.45, 7) is 13.1. The summed E-state index contributed by atoms with van der Waals surface area (Å²) in [6.07, 6.45) is -8.40. The Balaban J connectivity index is 1.98. The quantitative estimate of drug-likeness (QED) is 0.233. The van der Waals surface area contributed by atoms with E-state index in [2.05, 4.69) is 5.32 Å². The lowest BCUT2D eigenvalue weighted by atomic mass is 9.78. The summed E-state index contributed by atoms with van der Waals surface area (Å²) in [5.41, 5.74) is -3.53. The van der Waals surface area contributed by atoms with Gasteiger partial charge in [-0.1, -0.05) is 20.8 Å². The number of nitrogens with one attached hydrogen (secondary N) is 1. The van der Waals surface area contributed by atoms with E-state index in [1.807, 2.05) is 6.92 Å². The zero-order valence-corrected chi connectivity index (χ0v) is 30.8. The molecule has 0 radical (unpaired) electrons. The number of halogens is 1. The van der Waals surface area contributed by atoms with Crippen LogP contribution in [-0.2, 0) is 29.0 Å². The molecule has 0 aromatic heterocycles. The normalized spacial score (nSPS) is 42.2. The predicted octanol–water partition coefficient (Wildman–Crippen LogP) is 1.53. The molecule has 282 valence electrons. The van der Waals surface area contributed by atoms with E-state index in [0.717, 1.165) is 28.6 Å². The number of nitrogens with zero attached hydrogens (tertiary/aromatic N) is 1. The Morgan fingerprint density at radius 3 is 2.20 bits per heavy atom. The number of sulfonamides is 1. The van der Waals surface area contributed by atoms with Gasteiger partial charge in [0.15, 0.2) is 6.29 Å². The van der Waals surface area contributed by atoms with E-state index < -0.39 is 99.8 Å². The highest BCUT2D eigenvalue weighted by Gasteiger charge is 2.50. The van der Waals surface area contributed by atoms with Gasteiger partial charge in [0.1, 0.15) is 29.7 Å². The number of aliphatic hydroxyl groups excluding tert-OH is 3. The van der Waals surface area contributed by atoms with Gasteiger partial charge in [-0.15, -0.1) is 0 Å². The number of ether oxygens (including phenoxy) is 3. The Bertz CT molecular complexity index is 1350.